The van der Waals surface area contributed by atoms with Gasteiger partial charge in [0.2, 0.25) is 0 Å². The summed E-state index contributed by atoms with van der Waals surface area (Å²) in [6.07, 6.45) is 0. The van der Waals surface area contributed by atoms with Gasteiger partial charge in [-0.15, -0.1) is 0 Å². The Morgan fingerprint density at radius 2 is 1.76 bits per heavy atom. The summed E-state index contributed by atoms with van der Waals surface area (Å²) in [5, 5.41) is 0. The van der Waals surface area contributed by atoms with Crippen LogP contribution in [0.25, 0.3) is 0 Å². The average molecular weight is 283 g/mol. The molecule has 21 heavy (non-hydrogen) atoms. The van der Waals surface area contributed by atoms with Crippen LogP contribution in [0.3, 0.4) is 0 Å². The van der Waals surface area contributed by atoms with Gasteiger partial charge in [0.25, 0.3) is 5.91 Å². The van der Waals surface area contributed by atoms with E-state index < -0.39 is 0 Å². The van der Waals surface area contributed by atoms with E-state index in [4.69, 9.17) is 4.74 Å². The van der Waals surface area contributed by atoms with E-state index in [0.717, 1.165) is 11.3 Å². The third-order valence-corrected chi connectivity index (χ3v) is 3.33. The molecule has 0 aliphatic heterocycles. The Kier molecular flexibility index (Phi) is 4.99. The van der Waals surface area contributed by atoms with Crippen LogP contribution in [0, 0.1) is 13.8 Å². The second kappa shape index (κ2) is 6.93. The number of aryl methyl sites for hydroxylation is 2. The van der Waals surface area contributed by atoms with Crippen LogP contribution in [0.2, 0.25) is 0 Å². The molecule has 0 saturated carbocycles. The largest absolute Gasteiger partial charge is 0.492 e. The molecule has 0 heterocycles. The first-order valence-corrected chi connectivity index (χ1v) is 7.08. The molecular weight excluding hydrogens is 262 g/mol. The summed E-state index contributed by atoms with van der Waals surface area (Å²) in [5.74, 6) is 0.850. The van der Waals surface area contributed by atoms with Crippen molar-refractivity contribution in [2.45, 2.75) is 13.8 Å². The maximum absolute atomic E-state index is 12.3. The second-order valence-corrected chi connectivity index (χ2v) is 5.26. The van der Waals surface area contributed by atoms with Crippen molar-refractivity contribution < 1.29 is 9.53 Å². The minimum atomic E-state index is 0.0196. The van der Waals surface area contributed by atoms with Gasteiger partial charge in [0.15, 0.2) is 0 Å². The van der Waals surface area contributed by atoms with Gasteiger partial charge in [-0.3, -0.25) is 4.79 Å². The van der Waals surface area contributed by atoms with Gasteiger partial charge in [-0.25, -0.2) is 0 Å². The maximum atomic E-state index is 12.3. The monoisotopic (exact) mass is 283 g/mol. The van der Waals surface area contributed by atoms with Crippen molar-refractivity contribution in [1.29, 1.82) is 0 Å². The molecule has 0 atom stereocenters. The highest BCUT2D eigenvalue weighted by Crippen LogP contribution is 2.11. The van der Waals surface area contributed by atoms with Crippen LogP contribution in [-0.4, -0.2) is 31.0 Å². The van der Waals surface area contributed by atoms with E-state index in [9.17, 15) is 4.79 Å². The molecule has 0 aliphatic rings. The summed E-state index contributed by atoms with van der Waals surface area (Å²) in [7, 11) is 1.79. The predicted octanol–water partition coefficient (Wildman–Crippen LogP) is 3.45. The Morgan fingerprint density at radius 3 is 2.43 bits per heavy atom. The zero-order valence-electron chi connectivity index (χ0n) is 12.8. The van der Waals surface area contributed by atoms with Crippen molar-refractivity contribution in [3.63, 3.8) is 0 Å². The molecule has 0 saturated heterocycles. The smallest absolute Gasteiger partial charge is 0.253 e. The van der Waals surface area contributed by atoms with Gasteiger partial charge in [-0.05, 0) is 38.1 Å². The standard InChI is InChI=1S/C18H21NO2/c1-14-7-9-17(10-8-14)21-12-11-19(3)18(20)16-6-4-5-15(2)13-16/h4-10,13H,11-12H2,1-3H3. The fourth-order valence-electron chi connectivity index (χ4n) is 2.03. The lowest BCUT2D eigenvalue weighted by molar-refractivity contribution is 0.0773. The predicted molar refractivity (Wildman–Crippen MR) is 84.8 cm³/mol. The summed E-state index contributed by atoms with van der Waals surface area (Å²) >= 11 is 0. The van der Waals surface area contributed by atoms with Crippen molar-refractivity contribution in [2.24, 2.45) is 0 Å². The summed E-state index contributed by atoms with van der Waals surface area (Å²) < 4.78 is 5.65. The van der Waals surface area contributed by atoms with Gasteiger partial charge in [0, 0.05) is 12.6 Å². The number of nitrogens with zero attached hydrogens (tertiary/aromatic N) is 1. The van der Waals surface area contributed by atoms with Crippen molar-refractivity contribution in [1.82, 2.24) is 4.90 Å². The lowest BCUT2D eigenvalue weighted by Crippen LogP contribution is -2.30. The van der Waals surface area contributed by atoms with Crippen LogP contribution >= 0.6 is 0 Å². The van der Waals surface area contributed by atoms with E-state index in [-0.39, 0.29) is 5.91 Å². The molecule has 2 aromatic carbocycles. The lowest BCUT2D eigenvalue weighted by Gasteiger charge is -2.18. The summed E-state index contributed by atoms with van der Waals surface area (Å²) in [6, 6.07) is 15.5. The molecule has 0 aromatic heterocycles. The molecule has 1 amide bonds. The van der Waals surface area contributed by atoms with E-state index in [1.807, 2.05) is 62.4 Å². The van der Waals surface area contributed by atoms with E-state index >= 15 is 0 Å². The van der Waals surface area contributed by atoms with Crippen molar-refractivity contribution in [3.8, 4) is 5.75 Å². The number of carbonyl (C=O) groups is 1. The topological polar surface area (TPSA) is 29.5 Å². The van der Waals surface area contributed by atoms with E-state index in [1.165, 1.54) is 5.56 Å². The average Bonchev–Trinajstić information content (AvgIpc) is 2.48. The number of benzene rings is 2. The molecular formula is C18H21NO2. The van der Waals surface area contributed by atoms with Crippen molar-refractivity contribution in [2.75, 3.05) is 20.2 Å². The van der Waals surface area contributed by atoms with Crippen LogP contribution in [-0.2, 0) is 0 Å². The highest BCUT2D eigenvalue weighted by atomic mass is 16.5. The molecule has 0 bridgehead atoms. The van der Waals surface area contributed by atoms with Crippen LogP contribution < -0.4 is 4.74 Å². The molecule has 110 valence electrons. The van der Waals surface area contributed by atoms with Crippen LogP contribution in [0.15, 0.2) is 48.5 Å². The van der Waals surface area contributed by atoms with Crippen molar-refractivity contribution in [3.05, 3.63) is 65.2 Å². The molecule has 0 N–H and O–H groups in total. The van der Waals surface area contributed by atoms with E-state index in [2.05, 4.69) is 0 Å². The van der Waals surface area contributed by atoms with Gasteiger partial charge < -0.3 is 9.64 Å². The zero-order chi connectivity index (χ0) is 15.2. The molecule has 0 unspecified atom stereocenters. The minimum Gasteiger partial charge on any atom is -0.492 e. The summed E-state index contributed by atoms with van der Waals surface area (Å²) in [6.45, 7) is 5.06. The van der Waals surface area contributed by atoms with E-state index in [1.54, 1.807) is 11.9 Å². The number of carbonyl (C=O) groups excluding carboxylic acids is 1. The summed E-state index contributed by atoms with van der Waals surface area (Å²) in [4.78, 5) is 13.9. The normalized spacial score (nSPS) is 10.2. The summed E-state index contributed by atoms with van der Waals surface area (Å²) in [5.41, 5.74) is 3.01. The van der Waals surface area contributed by atoms with Gasteiger partial charge in [-0.2, -0.15) is 0 Å². The quantitative estimate of drug-likeness (QED) is 0.841. The van der Waals surface area contributed by atoms with Gasteiger partial charge in [-0.1, -0.05) is 35.4 Å². The van der Waals surface area contributed by atoms with E-state index in [0.29, 0.717) is 18.7 Å². The highest BCUT2D eigenvalue weighted by Gasteiger charge is 2.11. The van der Waals surface area contributed by atoms with Gasteiger partial charge in [0.05, 0.1) is 6.54 Å². The number of hydrogen-bond acceptors (Lipinski definition) is 2. The number of rotatable bonds is 5. The fourth-order valence-corrected chi connectivity index (χ4v) is 2.03. The number of likely N-dealkylation sites (N-methyl/N-ethyl adjacent to an activating group) is 1. The lowest BCUT2D eigenvalue weighted by atomic mass is 10.1. The Hall–Kier alpha value is -2.29. The number of amides is 1. The molecule has 2 rings (SSSR count). The Balaban J connectivity index is 1.85. The SMILES string of the molecule is Cc1ccc(OCCN(C)C(=O)c2cccc(C)c2)cc1. The Morgan fingerprint density at radius 1 is 1.05 bits per heavy atom. The molecule has 2 aromatic rings. The highest BCUT2D eigenvalue weighted by molar-refractivity contribution is 5.94. The third-order valence-electron chi connectivity index (χ3n) is 3.33. The first-order chi connectivity index (χ1) is 10.1. The second-order valence-electron chi connectivity index (χ2n) is 5.26. The first-order valence-electron chi connectivity index (χ1n) is 7.08. The third kappa shape index (κ3) is 4.35. The van der Waals surface area contributed by atoms with Crippen LogP contribution in [0.1, 0.15) is 21.5 Å². The molecule has 0 spiro atoms. The number of ether oxygens (including phenoxy) is 1. The molecule has 0 aliphatic carbocycles. The molecule has 0 fully saturated rings. The fraction of sp³-hybridized carbons (Fsp3) is 0.278. The Labute approximate surface area is 126 Å². The minimum absolute atomic E-state index is 0.0196. The van der Waals surface area contributed by atoms with Crippen LogP contribution in [0.4, 0.5) is 0 Å². The Bertz CT molecular complexity index is 605. The maximum Gasteiger partial charge on any atom is 0.253 e. The van der Waals surface area contributed by atoms with Crippen molar-refractivity contribution >= 4 is 5.91 Å². The van der Waals surface area contributed by atoms with Gasteiger partial charge in [0.1, 0.15) is 12.4 Å². The zero-order valence-corrected chi connectivity index (χ0v) is 12.8. The van der Waals surface area contributed by atoms with Gasteiger partial charge >= 0.3 is 0 Å². The first kappa shape index (κ1) is 15.1. The molecule has 3 nitrogen and oxygen atoms in total. The molecule has 0 radical (unpaired) electrons. The number of hydrogen-bond donors (Lipinski definition) is 0. The molecule has 3 heteroatoms. The van der Waals surface area contributed by atoms with Crippen LogP contribution in [0.5, 0.6) is 5.75 Å².